The topological polar surface area (TPSA) is 134 Å². The molecule has 3 rings (SSSR count). The molecule has 0 aromatic carbocycles. The Bertz CT molecular complexity index is 1080. The first-order chi connectivity index (χ1) is 18.8. The number of aryl methyl sites for hydroxylation is 1. The van der Waals surface area contributed by atoms with E-state index < -0.39 is 6.29 Å². The van der Waals surface area contributed by atoms with Gasteiger partial charge in [0, 0.05) is 50.7 Å². The summed E-state index contributed by atoms with van der Waals surface area (Å²) in [6, 6.07) is 1.91. The third-order valence-electron chi connectivity index (χ3n) is 7.47. The lowest BCUT2D eigenvalue weighted by molar-refractivity contribution is -0.134. The third kappa shape index (κ3) is 8.22. The molecule has 2 unspecified atom stereocenters. The van der Waals surface area contributed by atoms with Crippen molar-refractivity contribution in [3.05, 3.63) is 58.8 Å². The maximum absolute atomic E-state index is 13.6. The van der Waals surface area contributed by atoms with Gasteiger partial charge in [-0.2, -0.15) is 5.10 Å². The highest BCUT2D eigenvalue weighted by atomic mass is 16.6. The summed E-state index contributed by atoms with van der Waals surface area (Å²) < 4.78 is 5.33. The van der Waals surface area contributed by atoms with Crippen molar-refractivity contribution in [3.63, 3.8) is 0 Å². The van der Waals surface area contributed by atoms with Gasteiger partial charge in [0.1, 0.15) is 5.82 Å². The average Bonchev–Trinajstić information content (AvgIpc) is 2.94. The van der Waals surface area contributed by atoms with Gasteiger partial charge in [0.25, 0.3) is 0 Å². The Hall–Kier alpha value is -3.05. The normalized spacial score (nSPS) is 21.6. The number of hydrazone groups is 1. The minimum atomic E-state index is -0.853. The maximum Gasteiger partial charge on any atom is 0.230 e. The number of carbonyl (C=O) groups is 1. The van der Waals surface area contributed by atoms with Crippen LogP contribution in [-0.2, 0) is 9.53 Å². The number of rotatable bonds is 11. The van der Waals surface area contributed by atoms with Gasteiger partial charge in [0.2, 0.25) is 5.91 Å². The number of aliphatic hydroxyl groups excluding tert-OH is 1. The number of ether oxygens (including phenoxy) is 1. The van der Waals surface area contributed by atoms with Gasteiger partial charge in [-0.25, -0.2) is 10.8 Å². The minimum absolute atomic E-state index is 0.167. The van der Waals surface area contributed by atoms with Crippen LogP contribution in [0.15, 0.2) is 52.8 Å². The van der Waals surface area contributed by atoms with Crippen molar-refractivity contribution in [3.8, 4) is 0 Å². The first kappa shape index (κ1) is 30.5. The van der Waals surface area contributed by atoms with E-state index in [1.165, 1.54) is 11.2 Å². The van der Waals surface area contributed by atoms with Gasteiger partial charge in [0.05, 0.1) is 19.1 Å². The van der Waals surface area contributed by atoms with E-state index in [2.05, 4.69) is 34.6 Å². The molecule has 2 aliphatic heterocycles. The van der Waals surface area contributed by atoms with Crippen molar-refractivity contribution in [1.29, 1.82) is 0 Å². The lowest BCUT2D eigenvalue weighted by atomic mass is 9.91. The lowest BCUT2D eigenvalue weighted by Gasteiger charge is -2.37. The molecule has 10 nitrogen and oxygen atoms in total. The molecule has 2 atom stereocenters. The van der Waals surface area contributed by atoms with Crippen molar-refractivity contribution < 1.29 is 14.6 Å². The highest BCUT2D eigenvalue weighted by molar-refractivity contribution is 5.84. The molecule has 0 radical (unpaired) electrons. The number of aliphatic hydroxyl groups is 1. The van der Waals surface area contributed by atoms with Crippen LogP contribution in [0.4, 0.5) is 5.82 Å². The standard InChI is InChI=1S/C29H45N7O3/c1-5-7-25(26-20-32-27(19-22(26)4)36(31)12-10-33-30)28(37)35-15-13-34(14-16-35)11-8-21(3)18-23-9-17-39-29(38)24(23)6-2/h6,10,18-20,25,29,38H,3,5,7-9,11-17,30-31H2,1-2,4H3/b23-18-,24-6+,33-10-. The van der Waals surface area contributed by atoms with Crippen LogP contribution < -0.4 is 16.7 Å². The van der Waals surface area contributed by atoms with Gasteiger partial charge in [-0.3, -0.25) is 14.7 Å². The second-order valence-electron chi connectivity index (χ2n) is 10.2. The highest BCUT2D eigenvalue weighted by Crippen LogP contribution is 2.29. The molecular weight excluding hydrogens is 494 g/mol. The molecule has 3 heterocycles. The summed E-state index contributed by atoms with van der Waals surface area (Å²) in [4.78, 5) is 22.5. The molecule has 0 aliphatic carbocycles. The largest absolute Gasteiger partial charge is 0.364 e. The molecular formula is C29H45N7O3. The number of hydrogen-bond donors (Lipinski definition) is 3. The number of nitrogens with zero attached hydrogens (tertiary/aromatic N) is 5. The molecule has 1 aromatic heterocycles. The Morgan fingerprint density at radius 2 is 2.13 bits per heavy atom. The number of nitrogens with two attached hydrogens (primary N) is 2. The number of piperazine rings is 1. The Kier molecular flexibility index (Phi) is 11.7. The van der Waals surface area contributed by atoms with E-state index in [4.69, 9.17) is 16.4 Å². The summed E-state index contributed by atoms with van der Waals surface area (Å²) in [6.45, 7) is 15.1. The first-order valence-electron chi connectivity index (χ1n) is 13.8. The van der Waals surface area contributed by atoms with Crippen molar-refractivity contribution >= 4 is 17.9 Å². The monoisotopic (exact) mass is 539 g/mol. The molecule has 2 aliphatic rings. The summed E-state index contributed by atoms with van der Waals surface area (Å²) >= 11 is 0. The Labute approximate surface area is 232 Å². The smallest absolute Gasteiger partial charge is 0.230 e. The predicted molar refractivity (Wildman–Crippen MR) is 156 cm³/mol. The van der Waals surface area contributed by atoms with Gasteiger partial charge in [-0.15, -0.1) is 0 Å². The number of aromatic nitrogens is 1. The van der Waals surface area contributed by atoms with Gasteiger partial charge in [-0.05, 0) is 55.9 Å². The molecule has 10 heteroatoms. The molecule has 2 saturated heterocycles. The number of allylic oxidation sites excluding steroid dienone is 2. The number of carbonyl (C=O) groups excluding carboxylic acids is 1. The van der Waals surface area contributed by atoms with Crippen LogP contribution in [0.2, 0.25) is 0 Å². The first-order valence-corrected chi connectivity index (χ1v) is 13.8. The molecule has 0 spiro atoms. The van der Waals surface area contributed by atoms with E-state index in [0.717, 1.165) is 73.2 Å². The van der Waals surface area contributed by atoms with Gasteiger partial charge >= 0.3 is 0 Å². The summed E-state index contributed by atoms with van der Waals surface area (Å²) in [5.41, 5.74) is 4.92. The molecule has 2 fully saturated rings. The number of anilines is 1. The predicted octanol–water partition coefficient (Wildman–Crippen LogP) is 2.60. The van der Waals surface area contributed by atoms with E-state index in [-0.39, 0.29) is 11.8 Å². The van der Waals surface area contributed by atoms with Crippen molar-refractivity contribution in [2.24, 2.45) is 16.8 Å². The zero-order chi connectivity index (χ0) is 28.4. The summed E-state index contributed by atoms with van der Waals surface area (Å²) in [7, 11) is 0. The van der Waals surface area contributed by atoms with Crippen LogP contribution >= 0.6 is 0 Å². The second-order valence-corrected chi connectivity index (χ2v) is 10.2. The van der Waals surface area contributed by atoms with Crippen LogP contribution in [0.1, 0.15) is 56.6 Å². The molecule has 39 heavy (non-hydrogen) atoms. The quantitative estimate of drug-likeness (QED) is 0.222. The molecule has 0 saturated carbocycles. The van der Waals surface area contributed by atoms with Crippen LogP contribution in [0.5, 0.6) is 0 Å². The van der Waals surface area contributed by atoms with Gasteiger partial charge in [0.15, 0.2) is 6.29 Å². The van der Waals surface area contributed by atoms with E-state index in [9.17, 15) is 9.90 Å². The van der Waals surface area contributed by atoms with Crippen LogP contribution in [0.3, 0.4) is 0 Å². The minimum Gasteiger partial charge on any atom is -0.364 e. The van der Waals surface area contributed by atoms with Crippen molar-refractivity contribution in [2.45, 2.75) is 58.7 Å². The zero-order valence-electron chi connectivity index (χ0n) is 23.7. The number of pyridine rings is 1. The molecule has 5 N–H and O–H groups in total. The third-order valence-corrected chi connectivity index (χ3v) is 7.47. The van der Waals surface area contributed by atoms with Crippen LogP contribution in [0, 0.1) is 6.92 Å². The summed E-state index contributed by atoms with van der Waals surface area (Å²) in [6.07, 6.45) is 9.74. The van der Waals surface area contributed by atoms with E-state index in [1.807, 2.05) is 30.9 Å². The Morgan fingerprint density at radius 3 is 2.77 bits per heavy atom. The van der Waals surface area contributed by atoms with E-state index >= 15 is 0 Å². The van der Waals surface area contributed by atoms with Crippen molar-refractivity contribution in [1.82, 2.24) is 14.8 Å². The number of hydrazine groups is 1. The Balaban J connectivity index is 1.56. The Morgan fingerprint density at radius 1 is 1.38 bits per heavy atom. The zero-order valence-corrected chi connectivity index (χ0v) is 23.7. The molecule has 0 bridgehead atoms. The average molecular weight is 540 g/mol. The fraction of sp³-hybridized carbons (Fsp3) is 0.552. The van der Waals surface area contributed by atoms with E-state index in [1.54, 1.807) is 6.20 Å². The molecule has 214 valence electrons. The summed E-state index contributed by atoms with van der Waals surface area (Å²) in [5, 5.41) is 15.0. The maximum atomic E-state index is 13.6. The molecule has 1 aromatic rings. The van der Waals surface area contributed by atoms with E-state index in [0.29, 0.717) is 32.1 Å². The summed E-state index contributed by atoms with van der Waals surface area (Å²) in [5.74, 6) is 11.8. The fourth-order valence-electron chi connectivity index (χ4n) is 5.19. The van der Waals surface area contributed by atoms with Crippen LogP contribution in [-0.4, -0.2) is 84.2 Å². The highest BCUT2D eigenvalue weighted by Gasteiger charge is 2.29. The van der Waals surface area contributed by atoms with Gasteiger partial charge in [-0.1, -0.05) is 37.6 Å². The van der Waals surface area contributed by atoms with Crippen LogP contribution in [0.25, 0.3) is 0 Å². The lowest BCUT2D eigenvalue weighted by Crippen LogP contribution is -2.50. The number of amides is 1. The SMILES string of the molecule is C=C(/C=C1/CCOC(O)/C1=C/C)CCN1CCN(C(=O)C(CCC)c2cnc(N(N)C/C=N\N)cc2C)CC1. The molecule has 1 amide bonds. The number of hydrogen-bond acceptors (Lipinski definition) is 9. The fourth-order valence-corrected chi connectivity index (χ4v) is 5.19. The second kappa shape index (κ2) is 14.9. The van der Waals surface area contributed by atoms with Gasteiger partial charge < -0.3 is 20.6 Å². The van der Waals surface area contributed by atoms with Crippen molar-refractivity contribution in [2.75, 3.05) is 50.9 Å².